The number of rotatable bonds is 4. The van der Waals surface area contributed by atoms with Crippen LogP contribution in [0, 0.1) is 5.41 Å². The number of anilines is 1. The van der Waals surface area contributed by atoms with E-state index in [1.165, 1.54) is 30.5 Å². The largest absolute Gasteiger partial charge is 0.381 e. The summed E-state index contributed by atoms with van der Waals surface area (Å²) in [5.41, 5.74) is 3.21. The summed E-state index contributed by atoms with van der Waals surface area (Å²) in [5, 5.41) is 3.37. The minimum absolute atomic E-state index is 0.282. The summed E-state index contributed by atoms with van der Waals surface area (Å²) in [6.45, 7) is 5.15. The van der Waals surface area contributed by atoms with Crippen molar-refractivity contribution in [3.63, 3.8) is 0 Å². The lowest BCUT2D eigenvalue weighted by molar-refractivity contribution is -0.00214. The molecule has 1 N–H and O–H groups in total. The van der Waals surface area contributed by atoms with Crippen molar-refractivity contribution in [3.05, 3.63) is 29.8 Å². The number of benzene rings is 1. The highest BCUT2D eigenvalue weighted by Crippen LogP contribution is 2.34. The molecule has 1 atom stereocenters. The Labute approximate surface area is 115 Å². The van der Waals surface area contributed by atoms with Crippen LogP contribution in [0.3, 0.4) is 0 Å². The Morgan fingerprint density at radius 2 is 2.26 bits per heavy atom. The van der Waals surface area contributed by atoms with Gasteiger partial charge < -0.3 is 15.0 Å². The van der Waals surface area contributed by atoms with Gasteiger partial charge >= 0.3 is 0 Å². The van der Waals surface area contributed by atoms with Crippen molar-refractivity contribution in [1.82, 2.24) is 5.32 Å². The second-order valence-corrected chi connectivity index (χ2v) is 5.99. The van der Waals surface area contributed by atoms with Crippen molar-refractivity contribution < 1.29 is 4.74 Å². The highest BCUT2D eigenvalue weighted by Gasteiger charge is 2.35. The molecule has 1 saturated heterocycles. The van der Waals surface area contributed by atoms with Crippen LogP contribution in [-0.2, 0) is 11.2 Å². The Balaban J connectivity index is 1.76. The molecule has 1 unspecified atom stereocenters. The predicted octanol–water partition coefficient (Wildman–Crippen LogP) is 2.07. The highest BCUT2D eigenvalue weighted by atomic mass is 16.5. The molecule has 0 radical (unpaired) electrons. The fourth-order valence-electron chi connectivity index (χ4n) is 3.58. The molecular weight excluding hydrogens is 236 g/mol. The number of hydrogen-bond donors (Lipinski definition) is 1. The monoisotopic (exact) mass is 260 g/mol. The average Bonchev–Trinajstić information content (AvgIpc) is 2.83. The summed E-state index contributed by atoms with van der Waals surface area (Å²) < 4.78 is 5.77. The fourth-order valence-corrected chi connectivity index (χ4v) is 3.58. The Hall–Kier alpha value is -1.06. The first kappa shape index (κ1) is 12.9. The van der Waals surface area contributed by atoms with E-state index < -0.39 is 0 Å². The van der Waals surface area contributed by atoms with E-state index in [-0.39, 0.29) is 5.41 Å². The molecule has 104 valence electrons. The molecule has 2 aliphatic rings. The molecule has 1 aromatic carbocycles. The molecule has 0 saturated carbocycles. The van der Waals surface area contributed by atoms with Crippen molar-refractivity contribution >= 4 is 5.69 Å². The quantitative estimate of drug-likeness (QED) is 0.897. The van der Waals surface area contributed by atoms with Crippen LogP contribution in [0.1, 0.15) is 18.4 Å². The minimum atomic E-state index is 0.282. The van der Waals surface area contributed by atoms with Crippen LogP contribution in [0.15, 0.2) is 24.3 Å². The summed E-state index contributed by atoms with van der Waals surface area (Å²) in [5.74, 6) is 0. The summed E-state index contributed by atoms with van der Waals surface area (Å²) in [7, 11) is 2.05. The van der Waals surface area contributed by atoms with Crippen molar-refractivity contribution in [2.75, 3.05) is 44.8 Å². The van der Waals surface area contributed by atoms with E-state index in [1.807, 2.05) is 7.05 Å². The molecule has 3 rings (SSSR count). The SMILES string of the molecule is CNCC1(CN2CCc3ccccc32)CCCOC1. The first-order valence-corrected chi connectivity index (χ1v) is 7.38. The Bertz CT molecular complexity index is 421. The van der Waals surface area contributed by atoms with Crippen molar-refractivity contribution in [3.8, 4) is 0 Å². The lowest BCUT2D eigenvalue weighted by Gasteiger charge is -2.40. The van der Waals surface area contributed by atoms with Crippen molar-refractivity contribution in [2.45, 2.75) is 19.3 Å². The maximum absolute atomic E-state index is 5.77. The number of hydrogen-bond acceptors (Lipinski definition) is 3. The van der Waals surface area contributed by atoms with Crippen LogP contribution in [0.2, 0.25) is 0 Å². The van der Waals surface area contributed by atoms with E-state index in [1.54, 1.807) is 0 Å². The lowest BCUT2D eigenvalue weighted by atomic mass is 9.81. The third-order valence-corrected chi connectivity index (χ3v) is 4.47. The maximum Gasteiger partial charge on any atom is 0.0551 e. The van der Waals surface area contributed by atoms with Gasteiger partial charge in [0.05, 0.1) is 6.61 Å². The average molecular weight is 260 g/mol. The topological polar surface area (TPSA) is 24.5 Å². The molecule has 0 bridgehead atoms. The number of fused-ring (bicyclic) bond motifs is 1. The second kappa shape index (κ2) is 5.51. The van der Waals surface area contributed by atoms with Crippen LogP contribution in [-0.4, -0.2) is 39.9 Å². The van der Waals surface area contributed by atoms with Gasteiger partial charge in [-0.05, 0) is 37.9 Å². The van der Waals surface area contributed by atoms with Crippen molar-refractivity contribution in [1.29, 1.82) is 0 Å². The molecular formula is C16H24N2O. The van der Waals surface area contributed by atoms with Gasteiger partial charge in [0.1, 0.15) is 0 Å². The third-order valence-electron chi connectivity index (χ3n) is 4.47. The molecule has 19 heavy (non-hydrogen) atoms. The van der Waals surface area contributed by atoms with Crippen LogP contribution in [0.4, 0.5) is 5.69 Å². The molecule has 0 aromatic heterocycles. The first-order valence-electron chi connectivity index (χ1n) is 7.38. The molecule has 0 aliphatic carbocycles. The van der Waals surface area contributed by atoms with Crippen LogP contribution >= 0.6 is 0 Å². The van der Waals surface area contributed by atoms with E-state index >= 15 is 0 Å². The number of ether oxygens (including phenoxy) is 1. The predicted molar refractivity (Wildman–Crippen MR) is 78.8 cm³/mol. The standard InChI is InChI=1S/C16H24N2O/c1-17-11-16(8-4-10-19-13-16)12-18-9-7-14-5-2-3-6-15(14)18/h2-3,5-6,17H,4,7-13H2,1H3. The maximum atomic E-state index is 5.77. The van der Waals surface area contributed by atoms with Gasteiger partial charge in [-0.25, -0.2) is 0 Å². The molecule has 3 heteroatoms. The van der Waals surface area contributed by atoms with Gasteiger partial charge in [0.2, 0.25) is 0 Å². The van der Waals surface area contributed by atoms with Gasteiger partial charge in [-0.1, -0.05) is 18.2 Å². The molecule has 0 spiro atoms. The van der Waals surface area contributed by atoms with Gasteiger partial charge in [-0.15, -0.1) is 0 Å². The smallest absolute Gasteiger partial charge is 0.0551 e. The minimum Gasteiger partial charge on any atom is -0.381 e. The summed E-state index contributed by atoms with van der Waals surface area (Å²) >= 11 is 0. The molecule has 1 aromatic rings. The fraction of sp³-hybridized carbons (Fsp3) is 0.625. The Kier molecular flexibility index (Phi) is 3.76. The van der Waals surface area contributed by atoms with Gasteiger partial charge in [0.15, 0.2) is 0 Å². The molecule has 0 amide bonds. The Morgan fingerprint density at radius 3 is 3.05 bits per heavy atom. The zero-order valence-electron chi connectivity index (χ0n) is 11.8. The third kappa shape index (κ3) is 2.63. The second-order valence-electron chi connectivity index (χ2n) is 5.99. The summed E-state index contributed by atoms with van der Waals surface area (Å²) in [6.07, 6.45) is 3.65. The van der Waals surface area contributed by atoms with E-state index in [9.17, 15) is 0 Å². The van der Waals surface area contributed by atoms with E-state index in [2.05, 4.69) is 34.5 Å². The number of nitrogens with one attached hydrogen (secondary N) is 1. The Morgan fingerprint density at radius 1 is 1.37 bits per heavy atom. The van der Waals surface area contributed by atoms with E-state index in [0.29, 0.717) is 0 Å². The van der Waals surface area contributed by atoms with Crippen LogP contribution < -0.4 is 10.2 Å². The van der Waals surface area contributed by atoms with E-state index in [4.69, 9.17) is 4.74 Å². The van der Waals surface area contributed by atoms with Gasteiger partial charge in [-0.3, -0.25) is 0 Å². The zero-order chi connectivity index (χ0) is 13.1. The molecule has 3 nitrogen and oxygen atoms in total. The normalized spacial score (nSPS) is 26.5. The summed E-state index contributed by atoms with van der Waals surface area (Å²) in [6, 6.07) is 8.82. The first-order chi connectivity index (χ1) is 9.33. The van der Waals surface area contributed by atoms with Crippen LogP contribution in [0.25, 0.3) is 0 Å². The number of para-hydroxylation sites is 1. The molecule has 2 heterocycles. The number of nitrogens with zero attached hydrogens (tertiary/aromatic N) is 1. The van der Waals surface area contributed by atoms with Crippen molar-refractivity contribution in [2.24, 2.45) is 5.41 Å². The van der Waals surface area contributed by atoms with Gasteiger partial charge in [0.25, 0.3) is 0 Å². The van der Waals surface area contributed by atoms with Gasteiger partial charge in [0, 0.05) is 37.3 Å². The summed E-state index contributed by atoms with van der Waals surface area (Å²) in [4.78, 5) is 2.56. The lowest BCUT2D eigenvalue weighted by Crippen LogP contribution is -2.48. The van der Waals surface area contributed by atoms with Crippen LogP contribution in [0.5, 0.6) is 0 Å². The molecule has 1 fully saturated rings. The zero-order valence-corrected chi connectivity index (χ0v) is 11.8. The highest BCUT2D eigenvalue weighted by molar-refractivity contribution is 5.58. The van der Waals surface area contributed by atoms with Gasteiger partial charge in [-0.2, -0.15) is 0 Å². The van der Waals surface area contributed by atoms with E-state index in [0.717, 1.165) is 32.8 Å². The molecule has 2 aliphatic heterocycles.